The average molecular weight is 568 g/mol. The fourth-order valence-corrected chi connectivity index (χ4v) is 6.70. The Labute approximate surface area is 197 Å². The van der Waals surface area contributed by atoms with Crippen molar-refractivity contribution in [1.29, 1.82) is 0 Å². The van der Waals surface area contributed by atoms with Crippen molar-refractivity contribution >= 4 is 40.9 Å². The van der Waals surface area contributed by atoms with E-state index in [-0.39, 0.29) is 11.5 Å². The summed E-state index contributed by atoms with van der Waals surface area (Å²) in [6.07, 6.45) is -6.51. The summed E-state index contributed by atoms with van der Waals surface area (Å²) < 4.78 is 53.0. The fourth-order valence-electron chi connectivity index (χ4n) is 3.14. The van der Waals surface area contributed by atoms with Crippen LogP contribution in [-0.4, -0.2) is 57.4 Å². The highest BCUT2D eigenvalue weighted by molar-refractivity contribution is 7.66. The molecule has 0 radical (unpaired) electrons. The van der Waals surface area contributed by atoms with E-state index in [9.17, 15) is 33.4 Å². The molecule has 1 fully saturated rings. The number of hydrogen-bond donors (Lipinski definition) is 6. The predicted molar refractivity (Wildman–Crippen MR) is 114 cm³/mol. The van der Waals surface area contributed by atoms with Gasteiger partial charge in [-0.05, 0) is 26.8 Å². The van der Waals surface area contributed by atoms with Gasteiger partial charge in [-0.25, -0.2) is 18.5 Å². The van der Waals surface area contributed by atoms with Gasteiger partial charge in [-0.1, -0.05) is 17.5 Å². The van der Waals surface area contributed by atoms with E-state index >= 15 is 0 Å². The highest BCUT2D eigenvalue weighted by atomic mass is 35.5. The van der Waals surface area contributed by atoms with Gasteiger partial charge >= 0.3 is 29.2 Å². The maximum atomic E-state index is 12.5. The number of halogens is 1. The Morgan fingerprint density at radius 1 is 1.26 bits per heavy atom. The number of nitrogens with zero attached hydrogens (tertiary/aromatic N) is 2. The van der Waals surface area contributed by atoms with Crippen LogP contribution >= 0.6 is 35.1 Å². The van der Waals surface area contributed by atoms with Crippen molar-refractivity contribution in [2.75, 3.05) is 5.73 Å². The molecule has 34 heavy (non-hydrogen) atoms. The van der Waals surface area contributed by atoms with E-state index in [1.54, 1.807) is 0 Å². The second-order valence-corrected chi connectivity index (χ2v) is 11.9. The zero-order valence-electron chi connectivity index (χ0n) is 17.6. The lowest BCUT2D eigenvalue weighted by Crippen LogP contribution is -2.45. The van der Waals surface area contributed by atoms with Gasteiger partial charge in [0.15, 0.2) is 11.1 Å². The van der Waals surface area contributed by atoms with Crippen LogP contribution in [0.5, 0.6) is 0 Å². The molecule has 1 aliphatic rings. The van der Waals surface area contributed by atoms with Crippen LogP contribution < -0.4 is 11.4 Å². The van der Waals surface area contributed by atoms with Gasteiger partial charge < -0.3 is 35.2 Å². The van der Waals surface area contributed by atoms with Crippen LogP contribution in [0.2, 0.25) is 0 Å². The minimum Gasteiger partial charge on any atom is -0.387 e. The van der Waals surface area contributed by atoms with Gasteiger partial charge in [0.1, 0.15) is 18.0 Å². The van der Waals surface area contributed by atoms with Crippen molar-refractivity contribution in [1.82, 2.24) is 9.55 Å². The zero-order valence-corrected chi connectivity index (χ0v) is 21.0. The summed E-state index contributed by atoms with van der Waals surface area (Å²) in [5.74, 6) is 4.89. The van der Waals surface area contributed by atoms with E-state index in [1.807, 2.05) is 0 Å². The Balaban J connectivity index is 2.37. The predicted octanol–water partition coefficient (Wildman–Crippen LogP) is 0.125. The van der Waals surface area contributed by atoms with Crippen molar-refractivity contribution < 1.29 is 56.3 Å². The monoisotopic (exact) mass is 567 g/mol. The summed E-state index contributed by atoms with van der Waals surface area (Å²) >= 11 is 6.52. The number of nitrogens with two attached hydrogens (primary N) is 1. The number of aliphatic hydroxyl groups excluding tert-OH is 1. The van der Waals surface area contributed by atoms with Gasteiger partial charge in [0.25, 0.3) is 0 Å². The normalized spacial score (nSPS) is 29.5. The molecule has 0 saturated carbocycles. The summed E-state index contributed by atoms with van der Waals surface area (Å²) in [5, 5.41) is 10.8. The molecule has 0 amide bonds. The smallest absolute Gasteiger partial charge is 0.387 e. The third kappa shape index (κ3) is 6.75. The maximum absolute atomic E-state index is 12.5. The van der Waals surface area contributed by atoms with E-state index in [4.69, 9.17) is 31.9 Å². The molecule has 1 aromatic heterocycles. The zero-order chi connectivity index (χ0) is 26.3. The highest BCUT2D eigenvalue weighted by Gasteiger charge is 2.58. The summed E-state index contributed by atoms with van der Waals surface area (Å²) in [6, 6.07) is 1.32. The molecule has 20 heteroatoms. The van der Waals surface area contributed by atoms with Gasteiger partial charge in [0, 0.05) is 5.69 Å². The molecular weight excluding hydrogens is 547 g/mol. The lowest BCUT2D eigenvalue weighted by molar-refractivity contribution is -0.0754. The first-order valence-electron chi connectivity index (χ1n) is 8.96. The first-order chi connectivity index (χ1) is 15.3. The number of phosphoric acid groups is 3. The van der Waals surface area contributed by atoms with Gasteiger partial charge in [0.2, 0.25) is 0 Å². The van der Waals surface area contributed by atoms with E-state index in [0.29, 0.717) is 0 Å². The van der Waals surface area contributed by atoms with Crippen LogP contribution in [0.25, 0.3) is 0 Å². The molecule has 192 valence electrons. The topological polar surface area (TPSA) is 250 Å². The number of hydrogen-bond acceptors (Lipinski definition) is 11. The molecule has 1 aliphatic heterocycles. The number of aromatic nitrogens is 2. The molecule has 7 atom stereocenters. The van der Waals surface area contributed by atoms with Crippen molar-refractivity contribution in [3.8, 4) is 11.8 Å². The van der Waals surface area contributed by atoms with Crippen LogP contribution in [-0.2, 0) is 31.6 Å². The number of aryl methyl sites for hydroxylation is 1. The second kappa shape index (κ2) is 10.1. The molecule has 7 N–H and O–H groups in total. The van der Waals surface area contributed by atoms with Crippen molar-refractivity contribution in [2.24, 2.45) is 0 Å². The maximum Gasteiger partial charge on any atom is 0.490 e. The van der Waals surface area contributed by atoms with Crippen LogP contribution in [0, 0.1) is 18.8 Å². The van der Waals surface area contributed by atoms with Crippen LogP contribution in [0.4, 0.5) is 5.82 Å². The molecule has 1 aromatic rings. The molecule has 0 bridgehead atoms. The Morgan fingerprint density at radius 3 is 2.35 bits per heavy atom. The van der Waals surface area contributed by atoms with Crippen molar-refractivity contribution in [2.45, 2.75) is 50.2 Å². The third-order valence-electron chi connectivity index (χ3n) is 4.28. The molecule has 0 spiro atoms. The highest BCUT2D eigenvalue weighted by Crippen LogP contribution is 2.66. The van der Waals surface area contributed by atoms with Gasteiger partial charge in [-0.2, -0.15) is 13.6 Å². The molecular formula is C14H21ClN3O13P3. The van der Waals surface area contributed by atoms with E-state index in [2.05, 4.69) is 30.0 Å². The van der Waals surface area contributed by atoms with Crippen LogP contribution in [0.3, 0.4) is 0 Å². The average Bonchev–Trinajstić information content (AvgIpc) is 2.83. The Bertz CT molecular complexity index is 1210. The van der Waals surface area contributed by atoms with Crippen LogP contribution in [0.1, 0.15) is 25.8 Å². The Hall–Kier alpha value is -1.14. The van der Waals surface area contributed by atoms with E-state index in [1.165, 1.54) is 19.9 Å². The summed E-state index contributed by atoms with van der Waals surface area (Å²) in [4.78, 5) is 50.2. The number of aliphatic hydroxyl groups is 1. The standard InChI is InChI=1S/C14H21ClN3O13P3/c1-4-5-14(15)11(19)10(28-12(14)18-7(2)6-9(16)17-13(18)20)8(3)29-33(24,25)31-34(26,27)30-32(21,22)23/h6,8,10-12,19H,1-3H3,(H,24,25)(H,26,27)(H2,16,17,20)(H2,21,22,23)/t8-,10?,11+,12-,14?/m1/s1. The van der Waals surface area contributed by atoms with E-state index < -0.39 is 58.6 Å². The SMILES string of the molecule is CC#CC1(Cl)[C@@H](O)C([C@@H](C)OP(=O)(O)OP(=O)(O)OP(=O)(O)O)O[C@H]1n1c(C)cc(N)nc1=O. The lowest BCUT2D eigenvalue weighted by atomic mass is 9.96. The van der Waals surface area contributed by atoms with E-state index in [0.717, 1.165) is 11.5 Å². The molecule has 0 aromatic carbocycles. The number of anilines is 1. The number of ether oxygens (including phenoxy) is 1. The van der Waals surface area contributed by atoms with Crippen molar-refractivity contribution in [3.05, 3.63) is 22.2 Å². The fraction of sp³-hybridized carbons (Fsp3) is 0.571. The first kappa shape index (κ1) is 29.1. The van der Waals surface area contributed by atoms with Gasteiger partial charge in [-0.15, -0.1) is 5.92 Å². The molecule has 2 rings (SSSR count). The van der Waals surface area contributed by atoms with Gasteiger partial charge in [0.05, 0.1) is 6.10 Å². The van der Waals surface area contributed by atoms with Crippen LogP contribution in [0.15, 0.2) is 10.9 Å². The molecule has 1 saturated heterocycles. The number of alkyl halides is 1. The second-order valence-electron chi connectivity index (χ2n) is 6.92. The van der Waals surface area contributed by atoms with Crippen molar-refractivity contribution in [3.63, 3.8) is 0 Å². The summed E-state index contributed by atoms with van der Waals surface area (Å²) in [5.41, 5.74) is 4.86. The number of nitrogen functional groups attached to an aromatic ring is 1. The largest absolute Gasteiger partial charge is 0.490 e. The molecule has 0 aliphatic carbocycles. The quantitative estimate of drug-likeness (QED) is 0.139. The molecule has 2 heterocycles. The summed E-state index contributed by atoms with van der Waals surface area (Å²) in [6.45, 7) is 3.92. The molecule has 16 nitrogen and oxygen atoms in total. The summed E-state index contributed by atoms with van der Waals surface area (Å²) in [7, 11) is -16.9. The third-order valence-corrected chi connectivity index (χ3v) is 8.71. The van der Waals surface area contributed by atoms with Gasteiger partial charge in [-0.3, -0.25) is 9.09 Å². The first-order valence-corrected chi connectivity index (χ1v) is 13.9. The lowest BCUT2D eigenvalue weighted by Gasteiger charge is -2.27. The minimum atomic E-state index is -5.77. The minimum absolute atomic E-state index is 0.100. The number of phosphoric ester groups is 1. The Morgan fingerprint density at radius 2 is 1.85 bits per heavy atom. The Kier molecular flexibility index (Phi) is 8.63. The number of rotatable bonds is 8. The molecule has 4 unspecified atom stereocenters.